The molecule has 1 aliphatic heterocycles. The average molecular weight is 302 g/mol. The highest BCUT2D eigenvalue weighted by molar-refractivity contribution is 6.10. The van der Waals surface area contributed by atoms with Gasteiger partial charge in [-0.2, -0.15) is 5.26 Å². The fraction of sp³-hybridized carbons (Fsp3) is 0.300. The number of para-hydroxylation sites is 1. The van der Waals surface area contributed by atoms with Gasteiger partial charge in [0, 0.05) is 11.1 Å². The lowest BCUT2D eigenvalue weighted by molar-refractivity contribution is -0.118. The van der Waals surface area contributed by atoms with E-state index < -0.39 is 5.41 Å². The number of carbonyl (C=O) groups is 1. The van der Waals surface area contributed by atoms with E-state index in [9.17, 15) is 4.79 Å². The Kier molecular flexibility index (Phi) is 2.72. The zero-order valence-electron chi connectivity index (χ0n) is 13.3. The van der Waals surface area contributed by atoms with E-state index in [1.165, 1.54) is 0 Å². The van der Waals surface area contributed by atoms with Crippen LogP contribution in [0.5, 0.6) is 0 Å². The van der Waals surface area contributed by atoms with E-state index in [4.69, 9.17) is 5.26 Å². The number of carbonyl (C=O) groups excluding carboxylic acids is 1. The number of nitrogens with zero attached hydrogens (tertiary/aromatic N) is 1. The number of hydrogen-bond acceptors (Lipinski definition) is 2. The Morgan fingerprint density at radius 3 is 2.48 bits per heavy atom. The molecule has 1 spiro atoms. The standard InChI is InChI=1S/C20H18N2O/c1-13(2)19(15-9-7-14(11-21)8-10-15)12-20(19)16-5-3-4-6-17(16)22-18(20)23/h3-10,13H,12H2,1-2H3,(H,22,23)/t19-,20-/m1/s1. The number of amides is 1. The second-order valence-electron chi connectivity index (χ2n) is 6.90. The maximum absolute atomic E-state index is 12.9. The molecule has 1 saturated carbocycles. The summed E-state index contributed by atoms with van der Waals surface area (Å²) in [5.74, 6) is 0.434. The van der Waals surface area contributed by atoms with Crippen molar-refractivity contribution in [3.8, 4) is 6.07 Å². The van der Waals surface area contributed by atoms with Crippen LogP contribution in [-0.2, 0) is 15.6 Å². The van der Waals surface area contributed by atoms with Crippen molar-refractivity contribution in [2.75, 3.05) is 5.32 Å². The largest absolute Gasteiger partial charge is 0.325 e. The van der Waals surface area contributed by atoms with Crippen molar-refractivity contribution >= 4 is 11.6 Å². The zero-order valence-corrected chi connectivity index (χ0v) is 13.3. The van der Waals surface area contributed by atoms with Gasteiger partial charge in [0.1, 0.15) is 0 Å². The van der Waals surface area contributed by atoms with Crippen LogP contribution < -0.4 is 5.32 Å². The van der Waals surface area contributed by atoms with Crippen LogP contribution in [0.2, 0.25) is 0 Å². The minimum Gasteiger partial charge on any atom is -0.325 e. The van der Waals surface area contributed by atoms with Gasteiger partial charge in [-0.25, -0.2) is 0 Å². The van der Waals surface area contributed by atoms with Crippen molar-refractivity contribution < 1.29 is 4.79 Å². The smallest absolute Gasteiger partial charge is 0.236 e. The molecular weight excluding hydrogens is 284 g/mol. The highest BCUT2D eigenvalue weighted by Gasteiger charge is 2.76. The number of anilines is 1. The van der Waals surface area contributed by atoms with Crippen LogP contribution >= 0.6 is 0 Å². The summed E-state index contributed by atoms with van der Waals surface area (Å²) in [6, 6.07) is 17.9. The Bertz CT molecular complexity index is 847. The number of rotatable bonds is 2. The maximum atomic E-state index is 12.9. The van der Waals surface area contributed by atoms with Gasteiger partial charge < -0.3 is 5.32 Å². The summed E-state index contributed by atoms with van der Waals surface area (Å²) in [6.07, 6.45) is 0.826. The van der Waals surface area contributed by atoms with E-state index in [2.05, 4.69) is 31.3 Å². The Morgan fingerprint density at radius 2 is 1.83 bits per heavy atom. The number of fused-ring (bicyclic) bond motifs is 2. The van der Waals surface area contributed by atoms with Gasteiger partial charge in [-0.3, -0.25) is 4.79 Å². The number of nitriles is 1. The first-order valence-electron chi connectivity index (χ1n) is 7.98. The third-order valence-corrected chi connectivity index (χ3v) is 5.72. The van der Waals surface area contributed by atoms with Crippen molar-refractivity contribution in [2.45, 2.75) is 31.1 Å². The first kappa shape index (κ1) is 14.0. The molecule has 3 nitrogen and oxygen atoms in total. The monoisotopic (exact) mass is 302 g/mol. The fourth-order valence-electron chi connectivity index (χ4n) is 4.53. The van der Waals surface area contributed by atoms with Gasteiger partial charge >= 0.3 is 0 Å². The third-order valence-electron chi connectivity index (χ3n) is 5.72. The van der Waals surface area contributed by atoms with Crippen molar-refractivity contribution in [3.05, 3.63) is 65.2 Å². The zero-order chi connectivity index (χ0) is 16.2. The van der Waals surface area contributed by atoms with E-state index in [1.807, 2.05) is 42.5 Å². The summed E-state index contributed by atoms with van der Waals surface area (Å²) in [5, 5.41) is 12.1. The molecule has 2 atom stereocenters. The Hall–Kier alpha value is -2.60. The predicted octanol–water partition coefficient (Wildman–Crippen LogP) is 3.75. The van der Waals surface area contributed by atoms with Crippen LogP contribution in [0, 0.1) is 17.2 Å². The van der Waals surface area contributed by atoms with Gasteiger partial charge in [0.05, 0.1) is 17.0 Å². The lowest BCUT2D eigenvalue weighted by Crippen LogP contribution is -2.33. The summed E-state index contributed by atoms with van der Waals surface area (Å²) in [5.41, 5.74) is 3.19. The molecule has 1 aliphatic carbocycles. The van der Waals surface area contributed by atoms with Gasteiger partial charge in [0.25, 0.3) is 0 Å². The molecule has 2 aromatic carbocycles. The number of nitrogens with one attached hydrogen (secondary N) is 1. The van der Waals surface area contributed by atoms with E-state index in [0.717, 1.165) is 23.2 Å². The first-order valence-corrected chi connectivity index (χ1v) is 7.98. The van der Waals surface area contributed by atoms with Crippen LogP contribution in [0.1, 0.15) is 37.0 Å². The topological polar surface area (TPSA) is 52.9 Å². The average Bonchev–Trinajstić information content (AvgIpc) is 3.20. The fourth-order valence-corrected chi connectivity index (χ4v) is 4.53. The molecule has 1 fully saturated rings. The van der Waals surface area contributed by atoms with Gasteiger partial charge in [-0.05, 0) is 41.7 Å². The van der Waals surface area contributed by atoms with Crippen molar-refractivity contribution in [3.63, 3.8) is 0 Å². The van der Waals surface area contributed by atoms with Gasteiger partial charge in [0.15, 0.2) is 0 Å². The minimum atomic E-state index is -0.466. The summed E-state index contributed by atoms with van der Waals surface area (Å²) in [7, 11) is 0. The molecular formula is C20H18N2O. The molecule has 23 heavy (non-hydrogen) atoms. The maximum Gasteiger partial charge on any atom is 0.236 e. The second kappa shape index (κ2) is 4.45. The molecule has 3 heteroatoms. The normalized spacial score (nSPS) is 27.7. The molecule has 2 aliphatic rings. The molecule has 1 heterocycles. The van der Waals surface area contributed by atoms with Crippen LogP contribution in [0.25, 0.3) is 0 Å². The van der Waals surface area contributed by atoms with Crippen LogP contribution in [0.3, 0.4) is 0 Å². The SMILES string of the molecule is CC(C)[C@@]1(c2ccc(C#N)cc2)C[C@@]12C(=O)Nc1ccccc12. The lowest BCUT2D eigenvalue weighted by atomic mass is 9.75. The van der Waals surface area contributed by atoms with Crippen LogP contribution in [0.4, 0.5) is 5.69 Å². The summed E-state index contributed by atoms with van der Waals surface area (Å²) < 4.78 is 0. The van der Waals surface area contributed by atoms with Crippen LogP contribution in [-0.4, -0.2) is 5.91 Å². The van der Waals surface area contributed by atoms with Crippen molar-refractivity contribution in [1.82, 2.24) is 0 Å². The van der Waals surface area contributed by atoms with E-state index in [0.29, 0.717) is 11.5 Å². The highest BCUT2D eigenvalue weighted by atomic mass is 16.2. The molecule has 1 N–H and O–H groups in total. The Labute approximate surface area is 136 Å². The van der Waals surface area contributed by atoms with Crippen molar-refractivity contribution in [1.29, 1.82) is 5.26 Å². The molecule has 0 radical (unpaired) electrons. The minimum absolute atomic E-state index is 0.108. The summed E-state index contributed by atoms with van der Waals surface area (Å²) in [4.78, 5) is 12.9. The molecule has 4 rings (SSSR count). The first-order chi connectivity index (χ1) is 11.1. The molecule has 1 amide bonds. The molecule has 0 aromatic heterocycles. The van der Waals surface area contributed by atoms with E-state index in [1.54, 1.807) is 0 Å². The Balaban J connectivity index is 1.89. The second-order valence-corrected chi connectivity index (χ2v) is 6.90. The van der Waals surface area contributed by atoms with Crippen LogP contribution in [0.15, 0.2) is 48.5 Å². The van der Waals surface area contributed by atoms with Gasteiger partial charge in [-0.15, -0.1) is 0 Å². The molecule has 0 saturated heterocycles. The van der Waals surface area contributed by atoms with Gasteiger partial charge in [-0.1, -0.05) is 44.2 Å². The van der Waals surface area contributed by atoms with E-state index in [-0.39, 0.29) is 11.3 Å². The molecule has 2 aromatic rings. The number of hydrogen-bond donors (Lipinski definition) is 1. The quantitative estimate of drug-likeness (QED) is 0.918. The third kappa shape index (κ3) is 1.56. The molecule has 114 valence electrons. The predicted molar refractivity (Wildman–Crippen MR) is 89.0 cm³/mol. The van der Waals surface area contributed by atoms with Crippen molar-refractivity contribution in [2.24, 2.45) is 5.92 Å². The highest BCUT2D eigenvalue weighted by Crippen LogP contribution is 2.72. The number of benzene rings is 2. The van der Waals surface area contributed by atoms with E-state index >= 15 is 0 Å². The lowest BCUT2D eigenvalue weighted by Gasteiger charge is -2.26. The molecule has 0 bridgehead atoms. The van der Waals surface area contributed by atoms with Gasteiger partial charge in [0.2, 0.25) is 5.91 Å². The molecule has 0 unspecified atom stereocenters. The summed E-state index contributed by atoms with van der Waals surface area (Å²) in [6.45, 7) is 4.36. The Morgan fingerprint density at radius 1 is 1.13 bits per heavy atom. The summed E-state index contributed by atoms with van der Waals surface area (Å²) >= 11 is 0.